The zero-order valence-corrected chi connectivity index (χ0v) is 26.9. The number of phenols is 1. The van der Waals surface area contributed by atoms with Crippen molar-refractivity contribution in [1.82, 2.24) is 0 Å². The molecular formula is C28H26N8NaO6S+. The topological polar surface area (TPSA) is 238 Å². The molecule has 0 aliphatic carbocycles. The van der Waals surface area contributed by atoms with Gasteiger partial charge in [-0.2, -0.15) is 23.8 Å². The number of carboxylic acid groups (broad SMARTS) is 1. The Balaban J connectivity index is 0.00000529. The Bertz CT molecular complexity index is 1950. The number of nitrogens with zero attached hydrogens (tertiary/aromatic N) is 6. The molecule has 0 saturated heterocycles. The minimum atomic E-state index is -4.56. The van der Waals surface area contributed by atoms with E-state index in [-0.39, 0.29) is 79.9 Å². The van der Waals surface area contributed by atoms with Crippen LogP contribution in [0.15, 0.2) is 96.2 Å². The van der Waals surface area contributed by atoms with Gasteiger partial charge in [0, 0.05) is 0 Å². The quantitative estimate of drug-likeness (QED) is 0.0795. The zero-order valence-electron chi connectivity index (χ0n) is 24.1. The van der Waals surface area contributed by atoms with Crippen LogP contribution in [0.5, 0.6) is 5.75 Å². The van der Waals surface area contributed by atoms with Crippen LogP contribution in [0.25, 0.3) is 0 Å². The van der Waals surface area contributed by atoms with Gasteiger partial charge in [0.05, 0.1) is 28.4 Å². The third kappa shape index (κ3) is 7.89. The molecule has 0 aliphatic rings. The molecule has 4 rings (SSSR count). The molecule has 0 aliphatic heterocycles. The number of azo groups is 3. The van der Waals surface area contributed by atoms with E-state index in [2.05, 4.69) is 30.7 Å². The van der Waals surface area contributed by atoms with Gasteiger partial charge in [-0.3, -0.25) is 4.55 Å². The first-order valence-corrected chi connectivity index (χ1v) is 13.9. The first-order chi connectivity index (χ1) is 20.2. The van der Waals surface area contributed by atoms with Crippen LogP contribution in [0.1, 0.15) is 27.0 Å². The molecule has 0 fully saturated rings. The number of hydrogen-bond donors (Lipinski definition) is 5. The minimum Gasteiger partial charge on any atom is -0.507 e. The van der Waals surface area contributed by atoms with Gasteiger partial charge >= 0.3 is 35.5 Å². The number of aryl methyl sites for hydroxylation is 3. The van der Waals surface area contributed by atoms with Crippen LogP contribution in [0.4, 0.5) is 45.5 Å². The van der Waals surface area contributed by atoms with Gasteiger partial charge in [0.15, 0.2) is 0 Å². The maximum atomic E-state index is 11.9. The Morgan fingerprint density at radius 2 is 1.25 bits per heavy atom. The maximum absolute atomic E-state index is 11.9. The van der Waals surface area contributed by atoms with Gasteiger partial charge in [-0.05, 0) is 92.1 Å². The zero-order chi connectivity index (χ0) is 31.5. The van der Waals surface area contributed by atoms with Crippen molar-refractivity contribution in [3.63, 3.8) is 0 Å². The van der Waals surface area contributed by atoms with Crippen LogP contribution in [0, 0.1) is 20.8 Å². The summed E-state index contributed by atoms with van der Waals surface area (Å²) in [7, 11) is -4.56. The molecule has 0 unspecified atom stereocenters. The van der Waals surface area contributed by atoms with E-state index in [4.69, 9.17) is 16.6 Å². The van der Waals surface area contributed by atoms with Crippen LogP contribution in [-0.2, 0) is 10.1 Å². The first kappa shape index (κ1) is 34.0. The van der Waals surface area contributed by atoms with E-state index in [1.807, 2.05) is 0 Å². The largest absolute Gasteiger partial charge is 1.00 e. The number of aromatic carboxylic acids is 1. The molecule has 7 N–H and O–H groups in total. The van der Waals surface area contributed by atoms with Gasteiger partial charge in [0.25, 0.3) is 10.1 Å². The van der Waals surface area contributed by atoms with Gasteiger partial charge in [-0.25, -0.2) is 4.79 Å². The Labute approximate surface area is 274 Å². The normalized spacial score (nSPS) is 11.8. The first-order valence-electron chi connectivity index (χ1n) is 12.4. The SMILES string of the molecule is Cc1cc(C)c(N=Nc2cc(C)c(N)c(N=Nc3ccc(N=Nc4ccc(O)c(C(=O)O)c4)cc3)c2N)c(S(=O)(=O)O)c1.[Na+]. The second kappa shape index (κ2) is 13.8. The van der Waals surface area contributed by atoms with Crippen LogP contribution < -0.4 is 41.0 Å². The van der Waals surface area contributed by atoms with Crippen LogP contribution in [0.2, 0.25) is 0 Å². The smallest absolute Gasteiger partial charge is 0.507 e. The van der Waals surface area contributed by atoms with Crippen molar-refractivity contribution in [2.75, 3.05) is 11.5 Å². The summed E-state index contributed by atoms with van der Waals surface area (Å²) in [6, 6.07) is 14.8. The number of carbonyl (C=O) groups is 1. The molecule has 4 aromatic carbocycles. The van der Waals surface area contributed by atoms with Crippen molar-refractivity contribution in [3.8, 4) is 5.75 Å². The number of aromatic hydroxyl groups is 1. The van der Waals surface area contributed by atoms with Crippen LogP contribution in [-0.4, -0.2) is 29.2 Å². The summed E-state index contributed by atoms with van der Waals surface area (Å²) in [5.41, 5.74) is 15.6. The molecule has 0 heterocycles. The molecule has 4 aromatic rings. The van der Waals surface area contributed by atoms with Crippen molar-refractivity contribution in [2.45, 2.75) is 25.7 Å². The van der Waals surface area contributed by atoms with Crippen molar-refractivity contribution in [3.05, 3.63) is 82.9 Å². The van der Waals surface area contributed by atoms with Gasteiger partial charge in [0.1, 0.15) is 33.3 Å². The number of carboxylic acids is 1. The molecule has 0 bridgehead atoms. The number of rotatable bonds is 8. The minimum absolute atomic E-state index is 0. The number of hydrogen-bond acceptors (Lipinski definition) is 12. The van der Waals surface area contributed by atoms with E-state index < -0.39 is 16.1 Å². The van der Waals surface area contributed by atoms with E-state index in [0.717, 1.165) is 0 Å². The summed E-state index contributed by atoms with van der Waals surface area (Å²) in [6.07, 6.45) is 0. The van der Waals surface area contributed by atoms with Gasteiger partial charge in [-0.15, -0.1) is 15.3 Å². The predicted molar refractivity (Wildman–Crippen MR) is 160 cm³/mol. The molecule has 0 radical (unpaired) electrons. The summed E-state index contributed by atoms with van der Waals surface area (Å²) in [6.45, 7) is 5.04. The van der Waals surface area contributed by atoms with Crippen molar-refractivity contribution >= 4 is 61.6 Å². The summed E-state index contributed by atoms with van der Waals surface area (Å²) in [4.78, 5) is 10.8. The average molecular weight is 626 g/mol. The third-order valence-electron chi connectivity index (χ3n) is 6.12. The number of benzene rings is 4. The second-order valence-corrected chi connectivity index (χ2v) is 10.8. The average Bonchev–Trinajstić information content (AvgIpc) is 2.94. The van der Waals surface area contributed by atoms with E-state index in [1.165, 1.54) is 24.3 Å². The summed E-state index contributed by atoms with van der Waals surface area (Å²) < 4.78 is 33.5. The standard InChI is InChI=1S/C28H26N8O6S.Na/c1-14-10-16(3)26(23(11-14)43(40,41)42)35-34-21-12-15(2)24(29)27(25(21)30)36-32-18-6-4-17(5-7-18)31-33-19-8-9-22(37)20(13-19)28(38)39;/h4-13,37H,29-30H2,1-3H3,(H,38,39)(H,40,41,42);/q;+1. The Hall–Kier alpha value is -4.54. The van der Waals surface area contributed by atoms with E-state index in [9.17, 15) is 22.9 Å². The maximum Gasteiger partial charge on any atom is 1.00 e. The fourth-order valence-corrected chi connectivity index (χ4v) is 4.70. The van der Waals surface area contributed by atoms with Crippen molar-refractivity contribution in [1.29, 1.82) is 0 Å². The molecule has 0 spiro atoms. The fourth-order valence-electron chi connectivity index (χ4n) is 3.92. The summed E-state index contributed by atoms with van der Waals surface area (Å²) >= 11 is 0. The van der Waals surface area contributed by atoms with Crippen molar-refractivity contribution in [2.24, 2.45) is 30.7 Å². The number of nitrogens with two attached hydrogens (primary N) is 2. The third-order valence-corrected chi connectivity index (χ3v) is 6.98. The Morgan fingerprint density at radius 1 is 0.705 bits per heavy atom. The summed E-state index contributed by atoms with van der Waals surface area (Å²) in [5.74, 6) is -1.67. The summed E-state index contributed by atoms with van der Waals surface area (Å²) in [5, 5.41) is 43.4. The van der Waals surface area contributed by atoms with Gasteiger partial charge in [-0.1, -0.05) is 6.07 Å². The molecular weight excluding hydrogens is 599 g/mol. The van der Waals surface area contributed by atoms with Gasteiger partial charge < -0.3 is 21.7 Å². The molecule has 16 heteroatoms. The molecule has 14 nitrogen and oxygen atoms in total. The van der Waals surface area contributed by atoms with E-state index >= 15 is 0 Å². The number of nitrogen functional groups attached to an aromatic ring is 2. The van der Waals surface area contributed by atoms with E-state index in [0.29, 0.717) is 28.1 Å². The number of anilines is 2. The molecule has 44 heavy (non-hydrogen) atoms. The molecule has 0 amide bonds. The second-order valence-electron chi connectivity index (χ2n) is 9.42. The Morgan fingerprint density at radius 3 is 1.84 bits per heavy atom. The fraction of sp³-hybridized carbons (Fsp3) is 0.107. The molecule has 0 atom stereocenters. The molecule has 220 valence electrons. The molecule has 0 saturated carbocycles. The van der Waals surface area contributed by atoms with Gasteiger partial charge in [0.2, 0.25) is 0 Å². The van der Waals surface area contributed by atoms with Crippen LogP contribution in [0.3, 0.4) is 0 Å². The monoisotopic (exact) mass is 625 g/mol. The van der Waals surface area contributed by atoms with Crippen molar-refractivity contribution < 1.29 is 57.5 Å². The Kier molecular flexibility index (Phi) is 10.7. The molecule has 0 aromatic heterocycles. The van der Waals surface area contributed by atoms with Crippen LogP contribution >= 0.6 is 0 Å². The van der Waals surface area contributed by atoms with E-state index in [1.54, 1.807) is 57.2 Å². The predicted octanol–water partition coefficient (Wildman–Crippen LogP) is 4.68.